The Morgan fingerprint density at radius 1 is 1.26 bits per heavy atom. The number of anilines is 1. The van der Waals surface area contributed by atoms with Crippen LogP contribution in [0.2, 0.25) is 0 Å². The molecule has 0 saturated heterocycles. The lowest BCUT2D eigenvalue weighted by Crippen LogP contribution is -2.26. The number of carbonyl (C=O) groups is 2. The maximum Gasteiger partial charge on any atom is 0.257 e. The second-order valence-electron chi connectivity index (χ2n) is 4.08. The highest BCUT2D eigenvalue weighted by Crippen LogP contribution is 2.13. The number of aromatic carboxylic acids is 1. The Bertz CT molecular complexity index is 646. The van der Waals surface area contributed by atoms with Gasteiger partial charge in [0.2, 0.25) is 0 Å². The Balaban J connectivity index is 2.30. The van der Waals surface area contributed by atoms with E-state index in [2.05, 4.69) is 10.4 Å². The normalized spacial score (nSPS) is 10.2. The van der Waals surface area contributed by atoms with Crippen molar-refractivity contribution in [1.82, 2.24) is 9.78 Å². The molecule has 1 aromatic heterocycles. The summed E-state index contributed by atoms with van der Waals surface area (Å²) in [7, 11) is 1.69. The van der Waals surface area contributed by atoms with Crippen LogP contribution in [0, 0.1) is 6.92 Å². The van der Waals surface area contributed by atoms with Crippen LogP contribution in [0.25, 0.3) is 0 Å². The predicted molar refractivity (Wildman–Crippen MR) is 66.7 cm³/mol. The SMILES string of the molecule is Cc1cc(NC(=O)c2ccccc2C(=O)[O-])n(C)n1. The summed E-state index contributed by atoms with van der Waals surface area (Å²) in [6.45, 7) is 1.80. The van der Waals surface area contributed by atoms with E-state index in [-0.39, 0.29) is 11.1 Å². The first-order valence-electron chi connectivity index (χ1n) is 5.61. The summed E-state index contributed by atoms with van der Waals surface area (Å²) >= 11 is 0. The van der Waals surface area contributed by atoms with Crippen molar-refractivity contribution in [2.24, 2.45) is 7.05 Å². The molecular formula is C13H12N3O3-. The average Bonchev–Trinajstić information content (AvgIpc) is 2.67. The largest absolute Gasteiger partial charge is 0.545 e. The Morgan fingerprint density at radius 2 is 1.89 bits per heavy atom. The number of carboxylic acids is 1. The highest BCUT2D eigenvalue weighted by Gasteiger charge is 2.13. The number of hydrogen-bond donors (Lipinski definition) is 1. The van der Waals surface area contributed by atoms with E-state index in [9.17, 15) is 14.7 Å². The number of aryl methyl sites for hydroxylation is 2. The molecule has 0 aliphatic heterocycles. The molecule has 0 saturated carbocycles. The molecule has 0 aliphatic rings. The quantitative estimate of drug-likeness (QED) is 0.860. The van der Waals surface area contributed by atoms with E-state index in [0.717, 1.165) is 5.69 Å². The van der Waals surface area contributed by atoms with Gasteiger partial charge in [0.15, 0.2) is 0 Å². The topological polar surface area (TPSA) is 87.0 Å². The molecule has 2 aromatic rings. The monoisotopic (exact) mass is 258 g/mol. The fourth-order valence-corrected chi connectivity index (χ4v) is 1.77. The molecule has 98 valence electrons. The number of rotatable bonds is 3. The molecule has 0 bridgehead atoms. The Kier molecular flexibility index (Phi) is 3.33. The molecular weight excluding hydrogens is 246 g/mol. The fourth-order valence-electron chi connectivity index (χ4n) is 1.77. The van der Waals surface area contributed by atoms with Gasteiger partial charge in [0.05, 0.1) is 11.7 Å². The molecule has 6 nitrogen and oxygen atoms in total. The van der Waals surface area contributed by atoms with Crippen LogP contribution < -0.4 is 10.4 Å². The summed E-state index contributed by atoms with van der Waals surface area (Å²) in [5.41, 5.74) is 0.672. The molecule has 1 aromatic carbocycles. The fraction of sp³-hybridized carbons (Fsp3) is 0.154. The standard InChI is InChI=1S/C13H13N3O3/c1-8-7-11(16(2)15-8)14-12(17)9-5-3-4-6-10(9)13(18)19/h3-7H,1-2H3,(H,14,17)(H,18,19)/p-1. The van der Waals surface area contributed by atoms with Gasteiger partial charge in [-0.2, -0.15) is 5.10 Å². The summed E-state index contributed by atoms with van der Waals surface area (Å²) in [5, 5.41) is 17.6. The zero-order chi connectivity index (χ0) is 14.0. The average molecular weight is 258 g/mol. The van der Waals surface area contributed by atoms with Gasteiger partial charge in [0.25, 0.3) is 5.91 Å². The van der Waals surface area contributed by atoms with Gasteiger partial charge in [-0.15, -0.1) is 0 Å². The van der Waals surface area contributed by atoms with Crippen molar-refractivity contribution < 1.29 is 14.7 Å². The van der Waals surface area contributed by atoms with Crippen molar-refractivity contribution in [3.05, 3.63) is 47.2 Å². The first kappa shape index (κ1) is 12.8. The van der Waals surface area contributed by atoms with E-state index in [1.54, 1.807) is 26.1 Å². The smallest absolute Gasteiger partial charge is 0.257 e. The van der Waals surface area contributed by atoms with Crippen molar-refractivity contribution in [1.29, 1.82) is 0 Å². The first-order chi connectivity index (χ1) is 8.99. The van der Waals surface area contributed by atoms with Crippen LogP contribution in [-0.4, -0.2) is 21.7 Å². The molecule has 1 N–H and O–H groups in total. The van der Waals surface area contributed by atoms with E-state index in [4.69, 9.17) is 0 Å². The molecule has 1 amide bonds. The van der Waals surface area contributed by atoms with Gasteiger partial charge in [0.1, 0.15) is 5.82 Å². The third-order valence-corrected chi connectivity index (χ3v) is 2.64. The zero-order valence-corrected chi connectivity index (χ0v) is 10.5. The second-order valence-corrected chi connectivity index (χ2v) is 4.08. The van der Waals surface area contributed by atoms with Crippen LogP contribution in [0.4, 0.5) is 5.82 Å². The minimum atomic E-state index is -1.38. The molecule has 0 unspecified atom stereocenters. The Hall–Kier alpha value is -2.63. The van der Waals surface area contributed by atoms with E-state index in [1.165, 1.54) is 22.9 Å². The van der Waals surface area contributed by atoms with Crippen LogP contribution in [-0.2, 0) is 7.05 Å². The summed E-state index contributed by atoms with van der Waals surface area (Å²) < 4.78 is 1.51. The van der Waals surface area contributed by atoms with Crippen molar-refractivity contribution in [3.8, 4) is 0 Å². The van der Waals surface area contributed by atoms with Crippen molar-refractivity contribution in [2.45, 2.75) is 6.92 Å². The van der Waals surface area contributed by atoms with E-state index in [1.807, 2.05) is 0 Å². The molecule has 1 heterocycles. The van der Waals surface area contributed by atoms with Crippen LogP contribution in [0.5, 0.6) is 0 Å². The Labute approximate surface area is 109 Å². The third kappa shape index (κ3) is 2.62. The van der Waals surface area contributed by atoms with Gasteiger partial charge in [-0.1, -0.05) is 18.2 Å². The van der Waals surface area contributed by atoms with Gasteiger partial charge in [0, 0.05) is 24.2 Å². The number of nitrogens with one attached hydrogen (secondary N) is 1. The van der Waals surface area contributed by atoms with Crippen molar-refractivity contribution in [3.63, 3.8) is 0 Å². The Morgan fingerprint density at radius 3 is 2.42 bits per heavy atom. The molecule has 0 spiro atoms. The molecule has 0 aliphatic carbocycles. The minimum Gasteiger partial charge on any atom is -0.545 e. The number of hydrogen-bond acceptors (Lipinski definition) is 4. The van der Waals surface area contributed by atoms with E-state index < -0.39 is 11.9 Å². The van der Waals surface area contributed by atoms with Gasteiger partial charge >= 0.3 is 0 Å². The van der Waals surface area contributed by atoms with Crippen LogP contribution in [0.3, 0.4) is 0 Å². The second kappa shape index (κ2) is 4.93. The first-order valence-corrected chi connectivity index (χ1v) is 5.61. The van der Waals surface area contributed by atoms with Crippen LogP contribution in [0.1, 0.15) is 26.4 Å². The number of aromatic nitrogens is 2. The number of amides is 1. The van der Waals surface area contributed by atoms with Crippen molar-refractivity contribution in [2.75, 3.05) is 5.32 Å². The summed E-state index contributed by atoms with van der Waals surface area (Å²) in [5.74, 6) is -1.40. The zero-order valence-electron chi connectivity index (χ0n) is 10.5. The predicted octanol–water partition coefficient (Wildman–Crippen LogP) is 0.344. The number of nitrogens with zero attached hydrogens (tertiary/aromatic N) is 2. The van der Waals surface area contributed by atoms with Gasteiger partial charge < -0.3 is 15.2 Å². The third-order valence-electron chi connectivity index (χ3n) is 2.64. The lowest BCUT2D eigenvalue weighted by Gasteiger charge is -2.10. The molecule has 6 heteroatoms. The molecule has 0 atom stereocenters. The van der Waals surface area contributed by atoms with Gasteiger partial charge in [-0.05, 0) is 13.0 Å². The highest BCUT2D eigenvalue weighted by molar-refractivity contribution is 6.10. The molecule has 19 heavy (non-hydrogen) atoms. The number of carboxylic acid groups (broad SMARTS) is 1. The van der Waals surface area contributed by atoms with E-state index in [0.29, 0.717) is 5.82 Å². The van der Waals surface area contributed by atoms with Gasteiger partial charge in [-0.25, -0.2) is 0 Å². The summed E-state index contributed by atoms with van der Waals surface area (Å²) in [6, 6.07) is 7.59. The summed E-state index contributed by atoms with van der Waals surface area (Å²) in [4.78, 5) is 23.0. The van der Waals surface area contributed by atoms with Crippen LogP contribution in [0.15, 0.2) is 30.3 Å². The van der Waals surface area contributed by atoms with E-state index >= 15 is 0 Å². The summed E-state index contributed by atoms with van der Waals surface area (Å²) in [6.07, 6.45) is 0. The lowest BCUT2D eigenvalue weighted by molar-refractivity contribution is -0.255. The van der Waals surface area contributed by atoms with Crippen LogP contribution >= 0.6 is 0 Å². The highest BCUT2D eigenvalue weighted by atomic mass is 16.4. The lowest BCUT2D eigenvalue weighted by atomic mass is 10.1. The molecule has 0 fully saturated rings. The number of carbonyl (C=O) groups excluding carboxylic acids is 2. The molecule has 0 radical (unpaired) electrons. The number of benzene rings is 1. The maximum atomic E-state index is 12.1. The maximum absolute atomic E-state index is 12.1. The minimum absolute atomic E-state index is 0.0568. The molecule has 2 rings (SSSR count). The van der Waals surface area contributed by atoms with Gasteiger partial charge in [-0.3, -0.25) is 9.48 Å². The van der Waals surface area contributed by atoms with Crippen molar-refractivity contribution >= 4 is 17.7 Å².